The largest absolute Gasteiger partial charge is 0.494 e. The van der Waals surface area contributed by atoms with E-state index in [4.69, 9.17) is 20.2 Å². The van der Waals surface area contributed by atoms with Crippen LogP contribution in [0.3, 0.4) is 0 Å². The number of amides is 2. The number of fused-ring (bicyclic) bond motifs is 3. The molecule has 0 radical (unpaired) electrons. The number of aryl methyl sites for hydroxylation is 2. The average molecular weight is 503 g/mol. The number of nitrogens with two attached hydrogens (primary N) is 1. The van der Waals surface area contributed by atoms with E-state index in [2.05, 4.69) is 20.9 Å². The van der Waals surface area contributed by atoms with E-state index in [1.807, 2.05) is 53.4 Å². The molecule has 4 aromatic rings. The molecule has 3 N–H and O–H groups in total. The van der Waals surface area contributed by atoms with Crippen LogP contribution >= 0.6 is 0 Å². The van der Waals surface area contributed by atoms with E-state index in [0.717, 1.165) is 65.7 Å². The predicted molar refractivity (Wildman–Crippen MR) is 145 cm³/mol. The van der Waals surface area contributed by atoms with E-state index in [1.54, 1.807) is 0 Å². The molecule has 1 aliphatic rings. The number of urea groups is 1. The van der Waals surface area contributed by atoms with Crippen LogP contribution in [0, 0.1) is 0 Å². The van der Waals surface area contributed by atoms with Crippen molar-refractivity contribution in [2.24, 2.45) is 0 Å². The number of carbonyl (C=O) groups is 1. The number of hydrogen-bond donors (Lipinski definition) is 2. The minimum Gasteiger partial charge on any atom is -0.494 e. The second-order valence-corrected chi connectivity index (χ2v) is 9.19. The number of ether oxygens (including phenoxy) is 2. The maximum absolute atomic E-state index is 12.4. The number of unbranched alkanes of at least 4 members (excludes halogenated alkanes) is 1. The third-order valence-corrected chi connectivity index (χ3v) is 6.63. The van der Waals surface area contributed by atoms with Crippen LogP contribution in [0.25, 0.3) is 21.9 Å². The summed E-state index contributed by atoms with van der Waals surface area (Å²) in [6, 6.07) is 17.9. The Hall–Kier alpha value is -3.85. The van der Waals surface area contributed by atoms with Crippen LogP contribution in [0.4, 0.5) is 10.6 Å². The molecule has 1 fully saturated rings. The fourth-order valence-electron chi connectivity index (χ4n) is 4.74. The van der Waals surface area contributed by atoms with E-state index < -0.39 is 0 Å². The molecule has 0 unspecified atom stereocenters. The van der Waals surface area contributed by atoms with Crippen LogP contribution < -0.4 is 15.8 Å². The van der Waals surface area contributed by atoms with E-state index in [9.17, 15) is 4.79 Å². The molecule has 0 atom stereocenters. The zero-order valence-corrected chi connectivity index (χ0v) is 21.1. The first-order chi connectivity index (χ1) is 18.2. The molecule has 0 spiro atoms. The highest BCUT2D eigenvalue weighted by molar-refractivity contribution is 6.06. The number of nitrogens with one attached hydrogen (secondary N) is 1. The number of nitrogens with zero attached hydrogens (tertiary/aromatic N) is 4. The number of carbonyl (C=O) groups excluding carboxylic acids is 1. The summed E-state index contributed by atoms with van der Waals surface area (Å²) < 4.78 is 13.5. The third kappa shape index (κ3) is 5.94. The summed E-state index contributed by atoms with van der Waals surface area (Å²) in [6.45, 7) is 4.52. The molecule has 37 heavy (non-hydrogen) atoms. The molecule has 9 heteroatoms. The number of morpholine rings is 1. The number of anilines is 1. The second kappa shape index (κ2) is 11.9. The third-order valence-electron chi connectivity index (χ3n) is 6.63. The number of aromatic nitrogens is 3. The van der Waals surface area contributed by atoms with Gasteiger partial charge in [0.05, 0.1) is 30.9 Å². The smallest absolute Gasteiger partial charge is 0.317 e. The first kappa shape index (κ1) is 24.8. The lowest BCUT2D eigenvalue weighted by molar-refractivity contribution is 0.0532. The number of imidazole rings is 1. The number of rotatable bonds is 10. The van der Waals surface area contributed by atoms with Crippen molar-refractivity contribution in [2.45, 2.75) is 32.2 Å². The molecule has 2 aromatic carbocycles. The highest BCUT2D eigenvalue weighted by atomic mass is 16.5. The van der Waals surface area contributed by atoms with Crippen LogP contribution in [0.15, 0.2) is 54.6 Å². The lowest BCUT2D eigenvalue weighted by Crippen LogP contribution is -2.46. The van der Waals surface area contributed by atoms with Crippen molar-refractivity contribution in [3.63, 3.8) is 0 Å². The van der Waals surface area contributed by atoms with Crippen molar-refractivity contribution in [3.05, 3.63) is 60.4 Å². The summed E-state index contributed by atoms with van der Waals surface area (Å²) >= 11 is 0. The summed E-state index contributed by atoms with van der Waals surface area (Å²) in [5.74, 6) is 2.30. The average Bonchev–Trinajstić information content (AvgIpc) is 3.31. The van der Waals surface area contributed by atoms with Crippen LogP contribution in [0.2, 0.25) is 0 Å². The molecule has 194 valence electrons. The molecule has 9 nitrogen and oxygen atoms in total. The molecule has 1 aliphatic heterocycles. The summed E-state index contributed by atoms with van der Waals surface area (Å²) in [4.78, 5) is 23.7. The highest BCUT2D eigenvalue weighted by Gasteiger charge is 2.18. The Bertz CT molecular complexity index is 1330. The minimum atomic E-state index is -0.0136. The Morgan fingerprint density at radius 2 is 1.78 bits per heavy atom. The summed E-state index contributed by atoms with van der Waals surface area (Å²) in [7, 11) is 0. The normalized spacial score (nSPS) is 13.8. The number of benzene rings is 2. The van der Waals surface area contributed by atoms with Crippen molar-refractivity contribution in [3.8, 4) is 5.75 Å². The van der Waals surface area contributed by atoms with Gasteiger partial charge in [0.1, 0.15) is 17.1 Å². The zero-order chi connectivity index (χ0) is 25.5. The first-order valence-corrected chi connectivity index (χ1v) is 13.0. The van der Waals surface area contributed by atoms with Gasteiger partial charge in [-0.25, -0.2) is 14.8 Å². The standard InChI is InChI=1S/C28H34N6O3/c29-27-25-26(22-11-4-5-12-23(22)31-27)34(15-7-6-14-30-28(35)33-16-19-36-20-17-33)24(32-25)13-8-18-37-21-9-2-1-3-10-21/h1-5,9-12H,6-8,13-20H2,(H2,29,31)(H,30,35). The van der Waals surface area contributed by atoms with E-state index in [0.29, 0.717) is 45.3 Å². The van der Waals surface area contributed by atoms with Crippen LogP contribution in [0.5, 0.6) is 5.75 Å². The molecule has 2 aromatic heterocycles. The number of nitrogen functional groups attached to an aromatic ring is 1. The highest BCUT2D eigenvalue weighted by Crippen LogP contribution is 2.29. The molecule has 3 heterocycles. The van der Waals surface area contributed by atoms with Crippen molar-refractivity contribution in [1.29, 1.82) is 0 Å². The van der Waals surface area contributed by atoms with E-state index in [1.165, 1.54) is 0 Å². The van der Waals surface area contributed by atoms with Crippen molar-refractivity contribution in [1.82, 2.24) is 24.8 Å². The van der Waals surface area contributed by atoms with Crippen molar-refractivity contribution < 1.29 is 14.3 Å². The molecule has 1 saturated heterocycles. The lowest BCUT2D eigenvalue weighted by atomic mass is 10.2. The molecule has 0 bridgehead atoms. The monoisotopic (exact) mass is 502 g/mol. The molecule has 0 saturated carbocycles. The minimum absolute atomic E-state index is 0.0136. The Morgan fingerprint density at radius 1 is 1.00 bits per heavy atom. The number of para-hydroxylation sites is 2. The van der Waals surface area contributed by atoms with Crippen molar-refractivity contribution in [2.75, 3.05) is 45.2 Å². The van der Waals surface area contributed by atoms with Crippen molar-refractivity contribution >= 4 is 33.8 Å². The van der Waals surface area contributed by atoms with Gasteiger partial charge in [0.15, 0.2) is 5.82 Å². The van der Waals surface area contributed by atoms with Crippen LogP contribution in [-0.2, 0) is 17.7 Å². The van der Waals surface area contributed by atoms with Crippen LogP contribution in [-0.4, -0.2) is 64.9 Å². The van der Waals surface area contributed by atoms with Gasteiger partial charge in [-0.2, -0.15) is 0 Å². The van der Waals surface area contributed by atoms with Gasteiger partial charge in [-0.15, -0.1) is 0 Å². The fraction of sp³-hybridized carbons (Fsp3) is 0.393. The molecular weight excluding hydrogens is 468 g/mol. The second-order valence-electron chi connectivity index (χ2n) is 9.19. The lowest BCUT2D eigenvalue weighted by Gasteiger charge is -2.26. The van der Waals surface area contributed by atoms with Gasteiger partial charge in [0.2, 0.25) is 0 Å². The maximum Gasteiger partial charge on any atom is 0.317 e. The Kier molecular flexibility index (Phi) is 8.00. The fourth-order valence-corrected chi connectivity index (χ4v) is 4.74. The molecular formula is C28H34N6O3. The summed E-state index contributed by atoms with van der Waals surface area (Å²) in [5, 5.41) is 4.09. The summed E-state index contributed by atoms with van der Waals surface area (Å²) in [5.41, 5.74) is 8.98. The van der Waals surface area contributed by atoms with Gasteiger partial charge in [0, 0.05) is 38.0 Å². The Morgan fingerprint density at radius 3 is 2.62 bits per heavy atom. The van der Waals surface area contributed by atoms with E-state index in [-0.39, 0.29) is 6.03 Å². The number of hydrogen-bond acceptors (Lipinski definition) is 6. The first-order valence-electron chi connectivity index (χ1n) is 13.0. The predicted octanol–water partition coefficient (Wildman–Crippen LogP) is 4.00. The topological polar surface area (TPSA) is 108 Å². The molecule has 2 amide bonds. The SMILES string of the molecule is Nc1nc2ccccc2c2c1nc(CCCOc1ccccc1)n2CCCCNC(=O)N1CCOCC1. The Labute approximate surface area is 216 Å². The zero-order valence-electron chi connectivity index (χ0n) is 21.1. The summed E-state index contributed by atoms with van der Waals surface area (Å²) in [6.07, 6.45) is 3.37. The van der Waals surface area contributed by atoms with Crippen LogP contribution in [0.1, 0.15) is 25.1 Å². The van der Waals surface area contributed by atoms with Gasteiger partial charge in [-0.05, 0) is 37.5 Å². The Balaban J connectivity index is 1.27. The van der Waals surface area contributed by atoms with Gasteiger partial charge < -0.3 is 30.0 Å². The molecule has 0 aliphatic carbocycles. The van der Waals surface area contributed by atoms with E-state index >= 15 is 0 Å². The van der Waals surface area contributed by atoms with Gasteiger partial charge in [-0.3, -0.25) is 0 Å². The van der Waals surface area contributed by atoms with Gasteiger partial charge in [0.25, 0.3) is 0 Å². The molecule has 5 rings (SSSR count). The van der Waals surface area contributed by atoms with Gasteiger partial charge >= 0.3 is 6.03 Å². The number of pyridine rings is 1. The van der Waals surface area contributed by atoms with Gasteiger partial charge in [-0.1, -0.05) is 36.4 Å². The maximum atomic E-state index is 12.4. The quantitative estimate of drug-likeness (QED) is 0.318.